The van der Waals surface area contributed by atoms with Crippen LogP contribution < -0.4 is 5.32 Å². The molecule has 3 heteroatoms. The zero-order chi connectivity index (χ0) is 13.7. The summed E-state index contributed by atoms with van der Waals surface area (Å²) in [7, 11) is 0. The van der Waals surface area contributed by atoms with E-state index in [4.69, 9.17) is 5.11 Å². The molecule has 0 heterocycles. The van der Waals surface area contributed by atoms with Crippen molar-refractivity contribution in [2.24, 2.45) is 11.8 Å². The molecule has 0 aliphatic heterocycles. The topological polar surface area (TPSA) is 49.3 Å². The molecule has 0 aromatic heterocycles. The molecule has 2 rings (SSSR count). The van der Waals surface area contributed by atoms with Crippen molar-refractivity contribution in [2.75, 3.05) is 11.9 Å². The number of anilines is 1. The van der Waals surface area contributed by atoms with Gasteiger partial charge in [-0.3, -0.25) is 4.79 Å². The molecule has 1 atom stereocenters. The number of hydrogen-bond donors (Lipinski definition) is 2. The van der Waals surface area contributed by atoms with Crippen molar-refractivity contribution >= 4 is 11.6 Å². The van der Waals surface area contributed by atoms with Crippen LogP contribution in [0.15, 0.2) is 24.3 Å². The van der Waals surface area contributed by atoms with Crippen molar-refractivity contribution in [2.45, 2.75) is 26.2 Å². The SMILES string of the molecule is CC(C(=O)Nc1ccc(C#CCCO)cc1)C1CC1. The second-order valence-corrected chi connectivity index (χ2v) is 4.97. The van der Waals surface area contributed by atoms with E-state index < -0.39 is 0 Å². The Morgan fingerprint density at radius 3 is 2.68 bits per heavy atom. The molecule has 1 saturated carbocycles. The molecule has 1 aliphatic rings. The van der Waals surface area contributed by atoms with Crippen LogP contribution in [0.1, 0.15) is 31.7 Å². The lowest BCUT2D eigenvalue weighted by molar-refractivity contribution is -0.119. The highest BCUT2D eigenvalue weighted by molar-refractivity contribution is 5.92. The highest BCUT2D eigenvalue weighted by Crippen LogP contribution is 2.37. The highest BCUT2D eigenvalue weighted by atomic mass is 16.2. The summed E-state index contributed by atoms with van der Waals surface area (Å²) in [5, 5.41) is 11.6. The molecule has 0 saturated heterocycles. The Labute approximate surface area is 114 Å². The first kappa shape index (κ1) is 13.6. The molecular weight excluding hydrogens is 238 g/mol. The summed E-state index contributed by atoms with van der Waals surface area (Å²) in [6.07, 6.45) is 2.83. The van der Waals surface area contributed by atoms with Crippen LogP contribution in [0, 0.1) is 23.7 Å². The third-order valence-corrected chi connectivity index (χ3v) is 3.36. The fraction of sp³-hybridized carbons (Fsp3) is 0.438. The predicted octanol–water partition coefficient (Wildman–Crippen LogP) is 2.41. The predicted molar refractivity (Wildman–Crippen MR) is 75.5 cm³/mol. The van der Waals surface area contributed by atoms with E-state index in [0.29, 0.717) is 12.3 Å². The summed E-state index contributed by atoms with van der Waals surface area (Å²) in [5.41, 5.74) is 1.70. The van der Waals surface area contributed by atoms with Gasteiger partial charge in [0.05, 0.1) is 6.61 Å². The molecule has 1 amide bonds. The summed E-state index contributed by atoms with van der Waals surface area (Å²) in [4.78, 5) is 11.9. The molecule has 1 unspecified atom stereocenters. The molecular formula is C16H19NO2. The first-order valence-corrected chi connectivity index (χ1v) is 6.71. The maximum absolute atomic E-state index is 11.9. The van der Waals surface area contributed by atoms with E-state index in [2.05, 4.69) is 17.2 Å². The van der Waals surface area contributed by atoms with Crippen LogP contribution in [-0.4, -0.2) is 17.6 Å². The van der Waals surface area contributed by atoms with Crippen LogP contribution in [0.25, 0.3) is 0 Å². The van der Waals surface area contributed by atoms with Crippen LogP contribution in [0.4, 0.5) is 5.69 Å². The largest absolute Gasteiger partial charge is 0.395 e. The van der Waals surface area contributed by atoms with Crippen LogP contribution >= 0.6 is 0 Å². The molecule has 19 heavy (non-hydrogen) atoms. The molecule has 1 aromatic rings. The summed E-state index contributed by atoms with van der Waals surface area (Å²) in [6, 6.07) is 7.48. The van der Waals surface area contributed by atoms with Gasteiger partial charge in [-0.2, -0.15) is 0 Å². The lowest BCUT2D eigenvalue weighted by Gasteiger charge is -2.10. The molecule has 0 bridgehead atoms. The van der Waals surface area contributed by atoms with Gasteiger partial charge in [0.15, 0.2) is 0 Å². The number of carbonyl (C=O) groups excluding carboxylic acids is 1. The summed E-state index contributed by atoms with van der Waals surface area (Å²) in [5.74, 6) is 6.59. The lowest BCUT2D eigenvalue weighted by atomic mass is 10.1. The van der Waals surface area contributed by atoms with E-state index in [1.165, 1.54) is 12.8 Å². The van der Waals surface area contributed by atoms with Crippen molar-refractivity contribution in [1.29, 1.82) is 0 Å². The van der Waals surface area contributed by atoms with Crippen molar-refractivity contribution in [3.8, 4) is 11.8 Å². The van der Waals surface area contributed by atoms with E-state index in [1.54, 1.807) is 0 Å². The Hall–Kier alpha value is -1.79. The second kappa shape index (κ2) is 6.40. The Kier molecular flexibility index (Phi) is 4.59. The third-order valence-electron chi connectivity index (χ3n) is 3.36. The van der Waals surface area contributed by atoms with E-state index in [1.807, 2.05) is 31.2 Å². The molecule has 1 aliphatic carbocycles. The molecule has 1 fully saturated rings. The van der Waals surface area contributed by atoms with Crippen LogP contribution in [0.2, 0.25) is 0 Å². The second-order valence-electron chi connectivity index (χ2n) is 4.97. The first-order chi connectivity index (χ1) is 9.20. The number of hydrogen-bond acceptors (Lipinski definition) is 2. The van der Waals surface area contributed by atoms with E-state index in [0.717, 1.165) is 11.3 Å². The van der Waals surface area contributed by atoms with Crippen LogP contribution in [-0.2, 0) is 4.79 Å². The average molecular weight is 257 g/mol. The van der Waals surface area contributed by atoms with Crippen molar-refractivity contribution in [3.63, 3.8) is 0 Å². The number of amides is 1. The first-order valence-electron chi connectivity index (χ1n) is 6.71. The number of nitrogens with one attached hydrogen (secondary N) is 1. The maximum Gasteiger partial charge on any atom is 0.227 e. The molecule has 2 N–H and O–H groups in total. The lowest BCUT2D eigenvalue weighted by Crippen LogP contribution is -2.21. The van der Waals surface area contributed by atoms with Gasteiger partial charge in [0.25, 0.3) is 0 Å². The third kappa shape index (κ3) is 4.11. The van der Waals surface area contributed by atoms with Crippen molar-refractivity contribution < 1.29 is 9.90 Å². The zero-order valence-electron chi connectivity index (χ0n) is 11.1. The Morgan fingerprint density at radius 2 is 2.11 bits per heavy atom. The number of benzene rings is 1. The molecule has 1 aromatic carbocycles. The van der Waals surface area contributed by atoms with Crippen LogP contribution in [0.3, 0.4) is 0 Å². The molecule has 3 nitrogen and oxygen atoms in total. The van der Waals surface area contributed by atoms with Crippen molar-refractivity contribution in [3.05, 3.63) is 29.8 Å². The van der Waals surface area contributed by atoms with Gasteiger partial charge < -0.3 is 10.4 Å². The van der Waals surface area contributed by atoms with Gasteiger partial charge in [0, 0.05) is 23.6 Å². The fourth-order valence-corrected chi connectivity index (χ4v) is 1.92. The van der Waals surface area contributed by atoms with Gasteiger partial charge >= 0.3 is 0 Å². The Balaban J connectivity index is 1.91. The normalized spacial score (nSPS) is 15.3. The Bertz CT molecular complexity index is 492. The Morgan fingerprint density at radius 1 is 1.42 bits per heavy atom. The average Bonchev–Trinajstić information content (AvgIpc) is 3.24. The van der Waals surface area contributed by atoms with E-state index in [9.17, 15) is 4.79 Å². The monoisotopic (exact) mass is 257 g/mol. The van der Waals surface area contributed by atoms with Gasteiger partial charge in [0.1, 0.15) is 0 Å². The van der Waals surface area contributed by atoms with Gasteiger partial charge in [-0.05, 0) is 43.0 Å². The summed E-state index contributed by atoms with van der Waals surface area (Å²) in [6.45, 7) is 2.07. The standard InChI is InChI=1S/C16H19NO2/c1-12(14-7-8-14)16(19)17-15-9-5-13(6-10-15)4-2-3-11-18/h5-6,9-10,12,14,18H,3,7-8,11H2,1H3,(H,17,19). The quantitative estimate of drug-likeness (QED) is 0.814. The molecule has 0 spiro atoms. The number of carbonyl (C=O) groups is 1. The maximum atomic E-state index is 11.9. The summed E-state index contributed by atoms with van der Waals surface area (Å²) < 4.78 is 0. The van der Waals surface area contributed by atoms with E-state index >= 15 is 0 Å². The van der Waals surface area contributed by atoms with Gasteiger partial charge in [-0.25, -0.2) is 0 Å². The number of aliphatic hydroxyl groups excluding tert-OH is 1. The van der Waals surface area contributed by atoms with Crippen LogP contribution in [0.5, 0.6) is 0 Å². The summed E-state index contributed by atoms with van der Waals surface area (Å²) >= 11 is 0. The molecule has 100 valence electrons. The number of aliphatic hydroxyl groups is 1. The minimum Gasteiger partial charge on any atom is -0.395 e. The number of rotatable bonds is 4. The van der Waals surface area contributed by atoms with Crippen molar-refractivity contribution in [1.82, 2.24) is 0 Å². The molecule has 0 radical (unpaired) electrons. The van der Waals surface area contributed by atoms with Gasteiger partial charge in [0.2, 0.25) is 5.91 Å². The minimum atomic E-state index is 0.0835. The fourth-order valence-electron chi connectivity index (χ4n) is 1.92. The van der Waals surface area contributed by atoms with E-state index in [-0.39, 0.29) is 18.4 Å². The van der Waals surface area contributed by atoms with Gasteiger partial charge in [-0.15, -0.1) is 0 Å². The highest BCUT2D eigenvalue weighted by Gasteiger charge is 2.32. The smallest absolute Gasteiger partial charge is 0.227 e. The van der Waals surface area contributed by atoms with Gasteiger partial charge in [-0.1, -0.05) is 18.8 Å². The zero-order valence-corrected chi connectivity index (χ0v) is 11.1. The minimum absolute atomic E-state index is 0.0835.